The molecule has 13 heavy (non-hydrogen) atoms. The summed E-state index contributed by atoms with van der Waals surface area (Å²) < 4.78 is 0. The molecule has 1 aromatic carbocycles. The fourth-order valence-electron chi connectivity index (χ4n) is 1.05. The highest BCUT2D eigenvalue weighted by Crippen LogP contribution is 2.25. The Balaban J connectivity index is 2.41. The molecule has 2 rings (SSSR count). The number of rotatable bonds is 1. The molecule has 0 unspecified atom stereocenters. The van der Waals surface area contributed by atoms with Crippen molar-refractivity contribution in [3.63, 3.8) is 0 Å². The summed E-state index contributed by atoms with van der Waals surface area (Å²) in [5.74, 6) is 0. The zero-order valence-corrected chi connectivity index (χ0v) is 7.58. The highest BCUT2D eigenvalue weighted by Gasteiger charge is 2.01. The van der Waals surface area contributed by atoms with E-state index < -0.39 is 0 Å². The average molecular weight is 192 g/mol. The van der Waals surface area contributed by atoms with E-state index in [1.54, 1.807) is 5.38 Å². The molecule has 0 saturated heterocycles. The molecule has 0 aliphatic carbocycles. The molecule has 3 nitrogen and oxygen atoms in total. The summed E-state index contributed by atoms with van der Waals surface area (Å²) in [6, 6.07) is 7.38. The summed E-state index contributed by atoms with van der Waals surface area (Å²) in [5, 5.41) is 10.9. The van der Waals surface area contributed by atoms with Gasteiger partial charge in [0.2, 0.25) is 0 Å². The minimum Gasteiger partial charge on any atom is -0.486 e. The van der Waals surface area contributed by atoms with Gasteiger partial charge in [-0.15, -0.1) is 0 Å². The minimum atomic E-state index is 0.0897. The first-order valence-corrected chi connectivity index (χ1v) is 4.64. The van der Waals surface area contributed by atoms with Gasteiger partial charge in [0.25, 0.3) is 5.19 Å². The summed E-state index contributed by atoms with van der Waals surface area (Å²) in [7, 11) is 0. The lowest BCUT2D eigenvalue weighted by Crippen LogP contribution is -1.83. The molecule has 0 atom stereocenters. The number of hydrogen-bond donors (Lipinski definition) is 2. The summed E-state index contributed by atoms with van der Waals surface area (Å²) in [4.78, 5) is 3.94. The second kappa shape index (κ2) is 3.06. The summed E-state index contributed by atoms with van der Waals surface area (Å²) in [6.07, 6.45) is 0. The van der Waals surface area contributed by atoms with E-state index in [-0.39, 0.29) is 5.19 Å². The summed E-state index contributed by atoms with van der Waals surface area (Å²) in [5.41, 5.74) is 8.01. The minimum absolute atomic E-state index is 0.0897. The van der Waals surface area contributed by atoms with Gasteiger partial charge in [0, 0.05) is 16.6 Å². The highest BCUT2D eigenvalue weighted by atomic mass is 32.1. The van der Waals surface area contributed by atoms with E-state index in [1.807, 2.05) is 24.3 Å². The van der Waals surface area contributed by atoms with Gasteiger partial charge in [-0.25, -0.2) is 4.98 Å². The highest BCUT2D eigenvalue weighted by molar-refractivity contribution is 7.11. The molecule has 0 saturated carbocycles. The lowest BCUT2D eigenvalue weighted by atomic mass is 10.2. The van der Waals surface area contributed by atoms with Crippen LogP contribution < -0.4 is 5.73 Å². The molecule has 0 bridgehead atoms. The van der Waals surface area contributed by atoms with Crippen LogP contribution in [0.1, 0.15) is 0 Å². The third-order valence-corrected chi connectivity index (χ3v) is 2.34. The van der Waals surface area contributed by atoms with Crippen LogP contribution in [-0.4, -0.2) is 10.1 Å². The van der Waals surface area contributed by atoms with Crippen molar-refractivity contribution in [2.45, 2.75) is 0 Å². The lowest BCUT2D eigenvalue weighted by molar-refractivity contribution is 0.471. The van der Waals surface area contributed by atoms with Crippen molar-refractivity contribution in [1.29, 1.82) is 0 Å². The number of nitrogen functional groups attached to an aromatic ring is 1. The predicted octanol–water partition coefficient (Wildman–Crippen LogP) is 2.10. The molecule has 0 radical (unpaired) electrons. The van der Waals surface area contributed by atoms with E-state index in [2.05, 4.69) is 4.98 Å². The molecule has 0 spiro atoms. The van der Waals surface area contributed by atoms with Crippen molar-refractivity contribution in [1.82, 2.24) is 4.98 Å². The number of aromatic hydroxyl groups is 1. The first kappa shape index (κ1) is 8.07. The quantitative estimate of drug-likeness (QED) is 0.680. The Morgan fingerprint density at radius 2 is 1.92 bits per heavy atom. The van der Waals surface area contributed by atoms with Crippen molar-refractivity contribution < 1.29 is 5.11 Å². The van der Waals surface area contributed by atoms with Crippen LogP contribution >= 0.6 is 11.3 Å². The first-order chi connectivity index (χ1) is 6.25. The zero-order valence-electron chi connectivity index (χ0n) is 6.77. The SMILES string of the molecule is Nc1ccc(-c2csc(O)n2)cc1. The van der Waals surface area contributed by atoms with Crippen molar-refractivity contribution >= 4 is 17.0 Å². The third kappa shape index (κ3) is 1.62. The van der Waals surface area contributed by atoms with E-state index in [0.717, 1.165) is 16.9 Å². The molecule has 0 aliphatic heterocycles. The maximum absolute atomic E-state index is 9.05. The monoisotopic (exact) mass is 192 g/mol. The topological polar surface area (TPSA) is 59.1 Å². The molecule has 2 aromatic rings. The van der Waals surface area contributed by atoms with Crippen LogP contribution in [0, 0.1) is 0 Å². The van der Waals surface area contributed by atoms with Crippen molar-refractivity contribution in [3.8, 4) is 16.5 Å². The Labute approximate surface area is 79.5 Å². The standard InChI is InChI=1S/C9H8N2OS/c10-7-3-1-6(2-4-7)8-5-13-9(12)11-8/h1-5H,10H2,(H,11,12). The molecule has 0 fully saturated rings. The molecule has 3 N–H and O–H groups in total. The Morgan fingerprint density at radius 3 is 2.46 bits per heavy atom. The molecule has 66 valence electrons. The van der Waals surface area contributed by atoms with Crippen molar-refractivity contribution in [2.75, 3.05) is 5.73 Å². The van der Waals surface area contributed by atoms with Gasteiger partial charge in [0.15, 0.2) is 0 Å². The van der Waals surface area contributed by atoms with E-state index in [4.69, 9.17) is 10.8 Å². The van der Waals surface area contributed by atoms with Crippen LogP contribution in [0.3, 0.4) is 0 Å². The van der Waals surface area contributed by atoms with Gasteiger partial charge in [0.1, 0.15) is 0 Å². The van der Waals surface area contributed by atoms with Crippen molar-refractivity contribution in [3.05, 3.63) is 29.6 Å². The van der Waals surface area contributed by atoms with E-state index in [9.17, 15) is 0 Å². The number of hydrogen-bond acceptors (Lipinski definition) is 4. The Morgan fingerprint density at radius 1 is 1.23 bits per heavy atom. The zero-order chi connectivity index (χ0) is 9.26. The largest absolute Gasteiger partial charge is 0.486 e. The lowest BCUT2D eigenvalue weighted by Gasteiger charge is -1.96. The van der Waals surface area contributed by atoms with Crippen LogP contribution in [0.25, 0.3) is 11.3 Å². The Hall–Kier alpha value is -1.55. The summed E-state index contributed by atoms with van der Waals surface area (Å²) in [6.45, 7) is 0. The number of aromatic nitrogens is 1. The van der Waals surface area contributed by atoms with Gasteiger partial charge in [-0.05, 0) is 12.1 Å². The number of nitrogens with two attached hydrogens (primary N) is 1. The van der Waals surface area contributed by atoms with E-state index in [0.29, 0.717) is 0 Å². The van der Waals surface area contributed by atoms with Crippen LogP contribution in [0.5, 0.6) is 5.19 Å². The van der Waals surface area contributed by atoms with Crippen LogP contribution in [0.4, 0.5) is 5.69 Å². The second-order valence-electron chi connectivity index (χ2n) is 2.64. The number of anilines is 1. The van der Waals surface area contributed by atoms with Gasteiger partial charge < -0.3 is 10.8 Å². The number of thiazole rings is 1. The maximum Gasteiger partial charge on any atom is 0.271 e. The second-order valence-corrected chi connectivity index (χ2v) is 3.47. The molecule has 0 aliphatic rings. The molecule has 4 heteroatoms. The molecule has 1 heterocycles. The van der Waals surface area contributed by atoms with Crippen LogP contribution in [-0.2, 0) is 0 Å². The van der Waals surface area contributed by atoms with Crippen LogP contribution in [0.15, 0.2) is 29.6 Å². The van der Waals surface area contributed by atoms with Gasteiger partial charge in [-0.1, -0.05) is 23.5 Å². The normalized spacial score (nSPS) is 10.2. The first-order valence-electron chi connectivity index (χ1n) is 3.76. The molecular formula is C9H8N2OS. The Kier molecular flexibility index (Phi) is 1.90. The summed E-state index contributed by atoms with van der Waals surface area (Å²) >= 11 is 1.22. The number of benzene rings is 1. The number of nitrogens with zero attached hydrogens (tertiary/aromatic N) is 1. The van der Waals surface area contributed by atoms with E-state index in [1.165, 1.54) is 11.3 Å². The van der Waals surface area contributed by atoms with Gasteiger partial charge in [0.05, 0.1) is 5.69 Å². The molecule has 0 amide bonds. The maximum atomic E-state index is 9.05. The van der Waals surface area contributed by atoms with Crippen LogP contribution in [0.2, 0.25) is 0 Å². The fraction of sp³-hybridized carbons (Fsp3) is 0. The van der Waals surface area contributed by atoms with Crippen molar-refractivity contribution in [2.24, 2.45) is 0 Å². The molecule has 1 aromatic heterocycles. The predicted molar refractivity (Wildman–Crippen MR) is 53.6 cm³/mol. The van der Waals surface area contributed by atoms with E-state index >= 15 is 0 Å². The third-order valence-electron chi connectivity index (χ3n) is 1.70. The fourth-order valence-corrected chi connectivity index (χ4v) is 1.61. The molecular weight excluding hydrogens is 184 g/mol. The average Bonchev–Trinajstić information content (AvgIpc) is 2.53. The van der Waals surface area contributed by atoms with Gasteiger partial charge in [-0.3, -0.25) is 0 Å². The Bertz CT molecular complexity index is 408. The van der Waals surface area contributed by atoms with Gasteiger partial charge in [-0.2, -0.15) is 0 Å². The van der Waals surface area contributed by atoms with Gasteiger partial charge >= 0.3 is 0 Å². The smallest absolute Gasteiger partial charge is 0.271 e.